The minimum absolute atomic E-state index is 0.0308. The summed E-state index contributed by atoms with van der Waals surface area (Å²) in [5, 5.41) is 46.9. The summed E-state index contributed by atoms with van der Waals surface area (Å²) in [4.78, 5) is 10.2. The molecule has 4 atom stereocenters. The molecule has 2 heterocycles. The smallest absolute Gasteiger partial charge is 0.269 e. The summed E-state index contributed by atoms with van der Waals surface area (Å²) < 4.78 is 12.0. The van der Waals surface area contributed by atoms with E-state index in [0.717, 1.165) is 0 Å². The number of rotatable bonds is 6. The van der Waals surface area contributed by atoms with Crippen molar-refractivity contribution in [1.29, 1.82) is 0 Å². The summed E-state index contributed by atoms with van der Waals surface area (Å²) in [5.41, 5.74) is 0.977. The third-order valence-corrected chi connectivity index (χ3v) is 3.76. The first-order chi connectivity index (χ1) is 12.0. The quantitative estimate of drug-likeness (QED) is 0.445. The molecule has 11 heteroatoms. The number of non-ortho nitro benzene ring substituents is 1. The summed E-state index contributed by atoms with van der Waals surface area (Å²) in [6.45, 7) is -0.478. The second-order valence-electron chi connectivity index (χ2n) is 5.45. The molecular formula is C14H16N4O7. The molecule has 1 aromatic heterocycles. The van der Waals surface area contributed by atoms with E-state index in [4.69, 9.17) is 14.6 Å². The zero-order valence-corrected chi connectivity index (χ0v) is 12.9. The van der Waals surface area contributed by atoms with Gasteiger partial charge in [0.15, 0.2) is 6.29 Å². The summed E-state index contributed by atoms with van der Waals surface area (Å²) in [6, 6.07) is 5.77. The lowest BCUT2D eigenvalue weighted by atomic mass is 10.1. The first-order valence-corrected chi connectivity index (χ1v) is 7.39. The van der Waals surface area contributed by atoms with E-state index in [0.29, 0.717) is 11.4 Å². The Morgan fingerprint density at radius 3 is 2.60 bits per heavy atom. The molecule has 3 N–H and O–H groups in total. The number of hydrogen-bond acceptors (Lipinski definition) is 9. The van der Waals surface area contributed by atoms with Crippen LogP contribution in [0, 0.1) is 10.1 Å². The first kappa shape index (κ1) is 17.4. The van der Waals surface area contributed by atoms with Crippen LogP contribution in [-0.2, 0) is 16.1 Å². The van der Waals surface area contributed by atoms with Crippen LogP contribution in [-0.4, -0.2) is 66.4 Å². The van der Waals surface area contributed by atoms with Crippen LogP contribution < -0.4 is 0 Å². The average molecular weight is 352 g/mol. The zero-order chi connectivity index (χ0) is 18.0. The molecule has 134 valence electrons. The van der Waals surface area contributed by atoms with Crippen LogP contribution in [0.2, 0.25) is 0 Å². The Morgan fingerprint density at radius 1 is 1.28 bits per heavy atom. The van der Waals surface area contributed by atoms with Crippen molar-refractivity contribution in [3.05, 3.63) is 46.3 Å². The van der Waals surface area contributed by atoms with E-state index in [1.807, 2.05) is 0 Å². The molecule has 1 aromatic carbocycles. The van der Waals surface area contributed by atoms with Crippen molar-refractivity contribution in [3.63, 3.8) is 0 Å². The van der Waals surface area contributed by atoms with Gasteiger partial charge in [-0.1, -0.05) is 5.21 Å². The van der Waals surface area contributed by atoms with Crippen LogP contribution in [0.3, 0.4) is 0 Å². The molecule has 0 aliphatic carbocycles. The number of hydrogen-bond donors (Lipinski definition) is 3. The van der Waals surface area contributed by atoms with Gasteiger partial charge in [-0.05, 0) is 12.1 Å². The Labute approximate surface area is 141 Å². The minimum Gasteiger partial charge on any atom is -0.394 e. The number of nitro groups is 1. The van der Waals surface area contributed by atoms with Crippen LogP contribution in [0.4, 0.5) is 5.69 Å². The van der Waals surface area contributed by atoms with Gasteiger partial charge in [0.05, 0.1) is 30.0 Å². The lowest BCUT2D eigenvalue weighted by molar-refractivity contribution is -0.384. The number of benzene rings is 1. The Balaban J connectivity index is 1.61. The molecule has 0 amide bonds. The highest BCUT2D eigenvalue weighted by atomic mass is 16.7. The van der Waals surface area contributed by atoms with Crippen LogP contribution in [0.5, 0.6) is 0 Å². The Hall–Kier alpha value is -2.44. The topological polar surface area (TPSA) is 153 Å². The van der Waals surface area contributed by atoms with Gasteiger partial charge in [0, 0.05) is 12.1 Å². The highest BCUT2D eigenvalue weighted by Gasteiger charge is 2.43. The number of aliphatic hydroxyl groups excluding tert-OH is 3. The summed E-state index contributed by atoms with van der Waals surface area (Å²) in [7, 11) is 0. The van der Waals surface area contributed by atoms with Crippen molar-refractivity contribution >= 4 is 5.69 Å². The lowest BCUT2D eigenvalue weighted by Crippen LogP contribution is -2.34. The second kappa shape index (κ2) is 7.21. The van der Waals surface area contributed by atoms with E-state index >= 15 is 0 Å². The maximum atomic E-state index is 10.6. The van der Waals surface area contributed by atoms with Gasteiger partial charge in [-0.15, -0.1) is 5.10 Å². The molecule has 1 aliphatic heterocycles. The van der Waals surface area contributed by atoms with Crippen LogP contribution in [0.25, 0.3) is 5.69 Å². The van der Waals surface area contributed by atoms with Gasteiger partial charge in [0.1, 0.15) is 24.0 Å². The third kappa shape index (κ3) is 3.65. The van der Waals surface area contributed by atoms with Crippen molar-refractivity contribution in [2.75, 3.05) is 6.61 Å². The highest BCUT2D eigenvalue weighted by Crippen LogP contribution is 2.23. The molecule has 11 nitrogen and oxygen atoms in total. The predicted molar refractivity (Wildman–Crippen MR) is 80.6 cm³/mol. The van der Waals surface area contributed by atoms with Crippen molar-refractivity contribution in [2.24, 2.45) is 0 Å². The van der Waals surface area contributed by atoms with E-state index in [2.05, 4.69) is 10.3 Å². The molecule has 4 unspecified atom stereocenters. The Kier molecular flexibility index (Phi) is 5.01. The second-order valence-corrected chi connectivity index (χ2v) is 5.45. The van der Waals surface area contributed by atoms with E-state index in [1.165, 1.54) is 28.9 Å². The normalized spacial score (nSPS) is 26.0. The third-order valence-electron chi connectivity index (χ3n) is 3.76. The average Bonchev–Trinajstić information content (AvgIpc) is 3.19. The van der Waals surface area contributed by atoms with Crippen LogP contribution >= 0.6 is 0 Å². The number of nitro benzene ring substituents is 1. The number of aliphatic hydroxyl groups is 3. The Bertz CT molecular complexity index is 735. The van der Waals surface area contributed by atoms with Gasteiger partial charge in [-0.2, -0.15) is 0 Å². The van der Waals surface area contributed by atoms with Gasteiger partial charge in [0.25, 0.3) is 5.69 Å². The maximum Gasteiger partial charge on any atom is 0.269 e. The predicted octanol–water partition coefficient (Wildman–Crippen LogP) is -0.869. The van der Waals surface area contributed by atoms with Gasteiger partial charge < -0.3 is 24.8 Å². The molecule has 0 radical (unpaired) electrons. The van der Waals surface area contributed by atoms with Crippen molar-refractivity contribution < 1.29 is 29.7 Å². The van der Waals surface area contributed by atoms with Crippen LogP contribution in [0.1, 0.15) is 5.69 Å². The zero-order valence-electron chi connectivity index (χ0n) is 12.9. The number of nitrogens with zero attached hydrogens (tertiary/aromatic N) is 4. The van der Waals surface area contributed by atoms with Crippen molar-refractivity contribution in [2.45, 2.75) is 31.2 Å². The van der Waals surface area contributed by atoms with Crippen LogP contribution in [0.15, 0.2) is 30.5 Å². The molecule has 0 bridgehead atoms. The molecule has 2 aromatic rings. The van der Waals surface area contributed by atoms with Gasteiger partial charge in [0.2, 0.25) is 0 Å². The van der Waals surface area contributed by atoms with Gasteiger partial charge >= 0.3 is 0 Å². The molecular weight excluding hydrogens is 336 g/mol. The fourth-order valence-corrected chi connectivity index (χ4v) is 2.39. The molecule has 0 saturated carbocycles. The molecule has 1 aliphatic rings. The lowest BCUT2D eigenvalue weighted by Gasteiger charge is -2.14. The molecule has 3 rings (SSSR count). The fraction of sp³-hybridized carbons (Fsp3) is 0.429. The highest BCUT2D eigenvalue weighted by molar-refractivity contribution is 5.40. The maximum absolute atomic E-state index is 10.6. The number of ether oxygens (including phenoxy) is 2. The molecule has 1 fully saturated rings. The van der Waals surface area contributed by atoms with Crippen molar-refractivity contribution in [3.8, 4) is 5.69 Å². The fourth-order valence-electron chi connectivity index (χ4n) is 2.39. The first-order valence-electron chi connectivity index (χ1n) is 7.39. The van der Waals surface area contributed by atoms with Crippen molar-refractivity contribution in [1.82, 2.24) is 15.0 Å². The summed E-state index contributed by atoms with van der Waals surface area (Å²) in [5.74, 6) is 0. The molecule has 25 heavy (non-hydrogen) atoms. The standard InChI is InChI=1S/C14H16N4O7/c19-6-11-12(20)13(21)14(25-11)24-7-8-5-17(16-15-8)9-1-3-10(4-2-9)18(22)23/h1-5,11-14,19-21H,6-7H2. The van der Waals surface area contributed by atoms with E-state index < -0.39 is 36.1 Å². The van der Waals surface area contributed by atoms with E-state index in [9.17, 15) is 20.3 Å². The van der Waals surface area contributed by atoms with Gasteiger partial charge in [-0.25, -0.2) is 4.68 Å². The monoisotopic (exact) mass is 352 g/mol. The number of aromatic nitrogens is 3. The summed E-state index contributed by atoms with van der Waals surface area (Å²) in [6.07, 6.45) is -2.94. The molecule has 1 saturated heterocycles. The summed E-state index contributed by atoms with van der Waals surface area (Å²) >= 11 is 0. The van der Waals surface area contributed by atoms with Gasteiger partial charge in [-0.3, -0.25) is 10.1 Å². The largest absolute Gasteiger partial charge is 0.394 e. The Morgan fingerprint density at radius 2 is 2.00 bits per heavy atom. The minimum atomic E-state index is -1.28. The SMILES string of the molecule is O=[N+]([O-])c1ccc(-n2cc(COC3OC(CO)C(O)C3O)nn2)cc1. The van der Waals surface area contributed by atoms with E-state index in [-0.39, 0.29) is 12.3 Å². The molecule has 0 spiro atoms. The van der Waals surface area contributed by atoms with E-state index in [1.54, 1.807) is 6.20 Å².